The number of nitrogens with two attached hydrogens (primary N) is 1. The maximum atomic E-state index is 10.5. The van der Waals surface area contributed by atoms with E-state index in [2.05, 4.69) is 4.90 Å². The average Bonchev–Trinajstić information content (AvgIpc) is 2.01. The molecular formula is C8H16N2O2. The van der Waals surface area contributed by atoms with Gasteiger partial charge in [-0.1, -0.05) is 0 Å². The fraction of sp³-hybridized carbons (Fsp3) is 0.875. The zero-order chi connectivity index (χ0) is 8.97. The van der Waals surface area contributed by atoms with Crippen LogP contribution in [0.2, 0.25) is 0 Å². The predicted molar refractivity (Wildman–Crippen MR) is 45.7 cm³/mol. The number of nitrogens with zero attached hydrogens (tertiary/aromatic N) is 1. The Balaban J connectivity index is 2.18. The molecule has 4 heteroatoms. The summed E-state index contributed by atoms with van der Waals surface area (Å²) in [4.78, 5) is 12.7. The van der Waals surface area contributed by atoms with Gasteiger partial charge in [-0.05, 0) is 6.92 Å². The zero-order valence-electron chi connectivity index (χ0n) is 7.45. The van der Waals surface area contributed by atoms with Gasteiger partial charge in [-0.15, -0.1) is 0 Å². The summed E-state index contributed by atoms with van der Waals surface area (Å²) >= 11 is 0. The largest absolute Gasteiger partial charge is 0.376 e. The molecule has 1 rings (SSSR count). The average molecular weight is 172 g/mol. The molecule has 0 unspecified atom stereocenters. The van der Waals surface area contributed by atoms with Gasteiger partial charge in [0.1, 0.15) is 0 Å². The first-order valence-corrected chi connectivity index (χ1v) is 4.31. The lowest BCUT2D eigenvalue weighted by molar-refractivity contribution is -0.118. The number of rotatable bonds is 3. The van der Waals surface area contributed by atoms with Gasteiger partial charge in [-0.3, -0.25) is 9.69 Å². The molecule has 0 bridgehead atoms. The molecule has 0 aromatic carbocycles. The van der Waals surface area contributed by atoms with Crippen molar-refractivity contribution in [3.05, 3.63) is 0 Å². The third-order valence-corrected chi connectivity index (χ3v) is 2.00. The second-order valence-electron chi connectivity index (χ2n) is 3.20. The minimum Gasteiger partial charge on any atom is -0.376 e. The fourth-order valence-corrected chi connectivity index (χ4v) is 1.36. The van der Waals surface area contributed by atoms with Crippen molar-refractivity contribution in [2.75, 3.05) is 26.2 Å². The first kappa shape index (κ1) is 9.48. The summed E-state index contributed by atoms with van der Waals surface area (Å²) < 4.78 is 5.36. The number of primary amides is 1. The number of morpholine rings is 1. The lowest BCUT2D eigenvalue weighted by Gasteiger charge is -2.30. The van der Waals surface area contributed by atoms with E-state index in [1.54, 1.807) is 0 Å². The minimum absolute atomic E-state index is 0.228. The van der Waals surface area contributed by atoms with E-state index in [0.29, 0.717) is 6.42 Å². The SMILES string of the molecule is C[C@H]1CN(CCC(N)=O)CCO1. The quantitative estimate of drug-likeness (QED) is 0.629. The van der Waals surface area contributed by atoms with Crippen LogP contribution in [0.25, 0.3) is 0 Å². The molecule has 70 valence electrons. The number of hydrogen-bond acceptors (Lipinski definition) is 3. The van der Waals surface area contributed by atoms with Crippen LogP contribution in [0.1, 0.15) is 13.3 Å². The molecule has 1 aliphatic rings. The third-order valence-electron chi connectivity index (χ3n) is 2.00. The molecule has 0 radical (unpaired) electrons. The Morgan fingerprint density at radius 1 is 1.75 bits per heavy atom. The summed E-state index contributed by atoms with van der Waals surface area (Å²) in [6.07, 6.45) is 0.735. The standard InChI is InChI=1S/C8H16N2O2/c1-7-6-10(4-5-12-7)3-2-8(9)11/h7H,2-6H2,1H3,(H2,9,11)/t7-/m0/s1. The van der Waals surface area contributed by atoms with Crippen LogP contribution in [0.3, 0.4) is 0 Å². The highest BCUT2D eigenvalue weighted by atomic mass is 16.5. The Hall–Kier alpha value is -0.610. The molecule has 0 aromatic heterocycles. The molecule has 1 amide bonds. The van der Waals surface area contributed by atoms with Crippen LogP contribution in [0, 0.1) is 0 Å². The van der Waals surface area contributed by atoms with Gasteiger partial charge in [0, 0.05) is 26.1 Å². The van der Waals surface area contributed by atoms with Crippen molar-refractivity contribution in [1.29, 1.82) is 0 Å². The van der Waals surface area contributed by atoms with Gasteiger partial charge in [-0.25, -0.2) is 0 Å². The summed E-state index contributed by atoms with van der Waals surface area (Å²) in [5.74, 6) is -0.228. The molecule has 2 N–H and O–H groups in total. The van der Waals surface area contributed by atoms with Crippen LogP contribution in [0.15, 0.2) is 0 Å². The van der Waals surface area contributed by atoms with Gasteiger partial charge in [0.2, 0.25) is 5.91 Å². The highest BCUT2D eigenvalue weighted by molar-refractivity contribution is 5.73. The number of hydrogen-bond donors (Lipinski definition) is 1. The summed E-state index contributed by atoms with van der Waals surface area (Å²) in [7, 11) is 0. The molecule has 4 nitrogen and oxygen atoms in total. The van der Waals surface area contributed by atoms with E-state index >= 15 is 0 Å². The Labute approximate surface area is 72.7 Å². The Morgan fingerprint density at radius 3 is 3.08 bits per heavy atom. The first-order valence-electron chi connectivity index (χ1n) is 4.31. The molecule has 12 heavy (non-hydrogen) atoms. The summed E-state index contributed by atoms with van der Waals surface area (Å²) in [5.41, 5.74) is 5.05. The van der Waals surface area contributed by atoms with Crippen LogP contribution in [0.5, 0.6) is 0 Å². The van der Waals surface area contributed by atoms with Crippen LogP contribution in [-0.2, 0) is 9.53 Å². The van der Waals surface area contributed by atoms with Crippen LogP contribution >= 0.6 is 0 Å². The Morgan fingerprint density at radius 2 is 2.50 bits per heavy atom. The molecule has 0 aliphatic carbocycles. The topological polar surface area (TPSA) is 55.6 Å². The van der Waals surface area contributed by atoms with Crippen LogP contribution in [0.4, 0.5) is 0 Å². The van der Waals surface area contributed by atoms with Gasteiger partial charge >= 0.3 is 0 Å². The zero-order valence-corrected chi connectivity index (χ0v) is 7.45. The van der Waals surface area contributed by atoms with E-state index in [1.807, 2.05) is 6.92 Å². The van der Waals surface area contributed by atoms with E-state index in [9.17, 15) is 4.79 Å². The van der Waals surface area contributed by atoms with Gasteiger partial charge < -0.3 is 10.5 Å². The normalized spacial score (nSPS) is 25.6. The molecule has 1 fully saturated rings. The van der Waals surface area contributed by atoms with Crippen molar-refractivity contribution in [3.63, 3.8) is 0 Å². The number of ether oxygens (including phenoxy) is 1. The van der Waals surface area contributed by atoms with E-state index in [1.165, 1.54) is 0 Å². The van der Waals surface area contributed by atoms with Crippen molar-refractivity contribution in [3.8, 4) is 0 Å². The maximum Gasteiger partial charge on any atom is 0.218 e. The molecule has 1 atom stereocenters. The molecule has 1 heterocycles. The number of amides is 1. The molecular weight excluding hydrogens is 156 g/mol. The van der Waals surface area contributed by atoms with Gasteiger partial charge in [-0.2, -0.15) is 0 Å². The van der Waals surface area contributed by atoms with E-state index in [4.69, 9.17) is 10.5 Å². The highest BCUT2D eigenvalue weighted by Gasteiger charge is 2.16. The van der Waals surface area contributed by atoms with Crippen molar-refractivity contribution in [2.24, 2.45) is 5.73 Å². The Kier molecular flexibility index (Phi) is 3.49. The van der Waals surface area contributed by atoms with E-state index < -0.39 is 0 Å². The highest BCUT2D eigenvalue weighted by Crippen LogP contribution is 2.04. The summed E-state index contributed by atoms with van der Waals surface area (Å²) in [6.45, 7) is 5.39. The minimum atomic E-state index is -0.228. The first-order chi connectivity index (χ1) is 5.68. The molecule has 0 aromatic rings. The van der Waals surface area contributed by atoms with Crippen molar-refractivity contribution in [2.45, 2.75) is 19.4 Å². The summed E-state index contributed by atoms with van der Waals surface area (Å²) in [5, 5.41) is 0. The predicted octanol–water partition coefficient (Wildman–Crippen LogP) is -0.417. The monoisotopic (exact) mass is 172 g/mol. The third kappa shape index (κ3) is 3.19. The maximum absolute atomic E-state index is 10.5. The smallest absolute Gasteiger partial charge is 0.218 e. The van der Waals surface area contributed by atoms with Crippen molar-refractivity contribution >= 4 is 5.91 Å². The van der Waals surface area contributed by atoms with Crippen LogP contribution in [-0.4, -0.2) is 43.2 Å². The fourth-order valence-electron chi connectivity index (χ4n) is 1.36. The van der Waals surface area contributed by atoms with Gasteiger partial charge in [0.05, 0.1) is 12.7 Å². The lowest BCUT2D eigenvalue weighted by Crippen LogP contribution is -2.42. The Bertz CT molecular complexity index is 161. The number of carbonyl (C=O) groups excluding carboxylic acids is 1. The summed E-state index contributed by atoms with van der Waals surface area (Å²) in [6, 6.07) is 0. The second-order valence-corrected chi connectivity index (χ2v) is 3.20. The van der Waals surface area contributed by atoms with Gasteiger partial charge in [0.15, 0.2) is 0 Å². The molecule has 1 saturated heterocycles. The molecule has 0 saturated carbocycles. The van der Waals surface area contributed by atoms with Crippen molar-refractivity contribution < 1.29 is 9.53 Å². The van der Waals surface area contributed by atoms with Crippen LogP contribution < -0.4 is 5.73 Å². The number of carbonyl (C=O) groups is 1. The van der Waals surface area contributed by atoms with Gasteiger partial charge in [0.25, 0.3) is 0 Å². The molecule has 0 spiro atoms. The van der Waals surface area contributed by atoms with E-state index in [0.717, 1.165) is 26.2 Å². The van der Waals surface area contributed by atoms with Crippen molar-refractivity contribution in [1.82, 2.24) is 4.90 Å². The van der Waals surface area contributed by atoms with E-state index in [-0.39, 0.29) is 12.0 Å². The second kappa shape index (κ2) is 4.42. The molecule has 1 aliphatic heterocycles. The lowest BCUT2D eigenvalue weighted by atomic mass is 10.3.